The summed E-state index contributed by atoms with van der Waals surface area (Å²) in [5, 5.41) is 9.88. The third kappa shape index (κ3) is 3.81. The van der Waals surface area contributed by atoms with Crippen LogP contribution in [0.3, 0.4) is 0 Å². The van der Waals surface area contributed by atoms with E-state index in [1.165, 1.54) is 11.1 Å². The molecule has 1 heterocycles. The summed E-state index contributed by atoms with van der Waals surface area (Å²) in [6, 6.07) is 8.28. The van der Waals surface area contributed by atoms with E-state index in [1.54, 1.807) is 0 Å². The van der Waals surface area contributed by atoms with Crippen LogP contribution >= 0.6 is 0 Å². The number of benzene rings is 1. The summed E-state index contributed by atoms with van der Waals surface area (Å²) in [6.45, 7) is 3.27. The minimum Gasteiger partial charge on any atom is -0.462 e. The van der Waals surface area contributed by atoms with Crippen molar-refractivity contribution in [1.82, 2.24) is 0 Å². The van der Waals surface area contributed by atoms with E-state index in [2.05, 4.69) is 19.1 Å². The maximum Gasteiger partial charge on any atom is 0.293 e. The number of aliphatic hydroxyl groups is 1. The van der Waals surface area contributed by atoms with E-state index in [0.717, 1.165) is 12.8 Å². The lowest BCUT2D eigenvalue weighted by atomic mass is 9.87. The molecule has 1 saturated heterocycles. The number of hydrogen-bond acceptors (Lipinski definition) is 4. The molecule has 1 aliphatic heterocycles. The molecule has 0 radical (unpaired) electrons. The van der Waals surface area contributed by atoms with Crippen LogP contribution in [0, 0.1) is 5.92 Å². The van der Waals surface area contributed by atoms with E-state index in [4.69, 9.17) is 9.47 Å². The topological polar surface area (TPSA) is 55.8 Å². The fourth-order valence-electron chi connectivity index (χ4n) is 2.85. The molecule has 2 rings (SSSR count). The molecule has 0 bridgehead atoms. The lowest BCUT2D eigenvalue weighted by molar-refractivity contribution is -0.139. The molecule has 4 nitrogen and oxygen atoms in total. The van der Waals surface area contributed by atoms with E-state index in [-0.39, 0.29) is 12.0 Å². The third-order valence-electron chi connectivity index (χ3n) is 3.90. The highest BCUT2D eigenvalue weighted by molar-refractivity contribution is 5.37. The van der Waals surface area contributed by atoms with Crippen LogP contribution in [0.25, 0.3) is 0 Å². The largest absolute Gasteiger partial charge is 0.462 e. The average Bonchev–Trinajstić information content (AvgIpc) is 2.62. The van der Waals surface area contributed by atoms with Gasteiger partial charge in [-0.1, -0.05) is 31.2 Å². The molecule has 1 aliphatic rings. The standard InChI is InChI=1S/C16H22O4/c1-2-12-5-3-4-6-13(12)7-14-8-15(18)9-19-10-16(14)20-11-17/h3-6,11,14-16,18H,2,7-10H2,1H3/t14?,15-,16?/m0/s1. The molecule has 3 atom stereocenters. The monoisotopic (exact) mass is 278 g/mol. The molecule has 0 aliphatic carbocycles. The predicted molar refractivity (Wildman–Crippen MR) is 75.4 cm³/mol. The summed E-state index contributed by atoms with van der Waals surface area (Å²) < 4.78 is 10.5. The van der Waals surface area contributed by atoms with E-state index in [1.807, 2.05) is 12.1 Å². The second kappa shape index (κ2) is 7.41. The van der Waals surface area contributed by atoms with Gasteiger partial charge >= 0.3 is 0 Å². The van der Waals surface area contributed by atoms with Crippen LogP contribution in [0.15, 0.2) is 24.3 Å². The van der Waals surface area contributed by atoms with Crippen LogP contribution in [-0.4, -0.2) is 37.0 Å². The third-order valence-corrected chi connectivity index (χ3v) is 3.90. The van der Waals surface area contributed by atoms with Gasteiger partial charge in [0.2, 0.25) is 0 Å². The summed E-state index contributed by atoms with van der Waals surface area (Å²) in [5.74, 6) is 0.0883. The average molecular weight is 278 g/mol. The van der Waals surface area contributed by atoms with Crippen LogP contribution in [0.2, 0.25) is 0 Å². The molecule has 0 aromatic heterocycles. The minimum atomic E-state index is -0.492. The molecule has 20 heavy (non-hydrogen) atoms. The van der Waals surface area contributed by atoms with E-state index < -0.39 is 6.10 Å². The van der Waals surface area contributed by atoms with Crippen molar-refractivity contribution in [2.45, 2.75) is 38.4 Å². The SMILES string of the molecule is CCc1ccccc1CC1C[C@H](O)COCC1OC=O. The number of aliphatic hydroxyl groups excluding tert-OH is 1. The lowest BCUT2D eigenvalue weighted by Gasteiger charge is -2.24. The van der Waals surface area contributed by atoms with Gasteiger partial charge in [0.1, 0.15) is 6.10 Å². The Morgan fingerprint density at radius 1 is 1.35 bits per heavy atom. The molecule has 1 N–H and O–H groups in total. The van der Waals surface area contributed by atoms with E-state index in [0.29, 0.717) is 26.1 Å². The molecule has 110 valence electrons. The summed E-state index contributed by atoms with van der Waals surface area (Å²) in [5.41, 5.74) is 2.56. The Morgan fingerprint density at radius 3 is 2.80 bits per heavy atom. The number of aryl methyl sites for hydroxylation is 1. The second-order valence-corrected chi connectivity index (χ2v) is 5.28. The molecular weight excluding hydrogens is 256 g/mol. The molecule has 1 fully saturated rings. The van der Waals surface area contributed by atoms with Crippen LogP contribution in [0.4, 0.5) is 0 Å². The first-order valence-electron chi connectivity index (χ1n) is 7.16. The van der Waals surface area contributed by atoms with Crippen molar-refractivity contribution >= 4 is 6.47 Å². The maximum atomic E-state index is 10.6. The van der Waals surface area contributed by atoms with Gasteiger partial charge < -0.3 is 14.6 Å². The highest BCUT2D eigenvalue weighted by Gasteiger charge is 2.29. The molecule has 4 heteroatoms. The van der Waals surface area contributed by atoms with Crippen molar-refractivity contribution in [2.75, 3.05) is 13.2 Å². The first kappa shape index (κ1) is 15.0. The van der Waals surface area contributed by atoms with Crippen LogP contribution in [0.1, 0.15) is 24.5 Å². The Bertz CT molecular complexity index is 432. The number of hydrogen-bond donors (Lipinski definition) is 1. The van der Waals surface area contributed by atoms with Gasteiger partial charge in [-0.05, 0) is 30.4 Å². The number of rotatable bonds is 5. The Labute approximate surface area is 119 Å². The Hall–Kier alpha value is -1.39. The first-order chi connectivity index (χ1) is 9.74. The van der Waals surface area contributed by atoms with Crippen molar-refractivity contribution < 1.29 is 19.4 Å². The summed E-state index contributed by atoms with van der Waals surface area (Å²) in [6.07, 6.45) is 1.59. The van der Waals surface area contributed by atoms with E-state index >= 15 is 0 Å². The van der Waals surface area contributed by atoms with Crippen molar-refractivity contribution in [2.24, 2.45) is 5.92 Å². The van der Waals surface area contributed by atoms with Gasteiger partial charge in [-0.25, -0.2) is 0 Å². The second-order valence-electron chi connectivity index (χ2n) is 5.28. The number of carbonyl (C=O) groups excluding carboxylic acids is 1. The molecule has 0 saturated carbocycles. The maximum absolute atomic E-state index is 10.6. The van der Waals surface area contributed by atoms with Crippen molar-refractivity contribution in [3.8, 4) is 0 Å². The van der Waals surface area contributed by atoms with Gasteiger partial charge in [-0.3, -0.25) is 4.79 Å². The van der Waals surface area contributed by atoms with Gasteiger partial charge in [0.25, 0.3) is 6.47 Å². The fraction of sp³-hybridized carbons (Fsp3) is 0.562. The van der Waals surface area contributed by atoms with Crippen LogP contribution < -0.4 is 0 Å². The first-order valence-corrected chi connectivity index (χ1v) is 7.16. The van der Waals surface area contributed by atoms with Gasteiger partial charge in [0.05, 0.1) is 19.3 Å². The molecule has 0 amide bonds. The highest BCUT2D eigenvalue weighted by Crippen LogP contribution is 2.25. The van der Waals surface area contributed by atoms with Gasteiger partial charge in [0, 0.05) is 5.92 Å². The summed E-state index contributed by atoms with van der Waals surface area (Å²) in [7, 11) is 0. The van der Waals surface area contributed by atoms with Crippen molar-refractivity contribution in [3.63, 3.8) is 0 Å². The lowest BCUT2D eigenvalue weighted by Crippen LogP contribution is -2.29. The highest BCUT2D eigenvalue weighted by atomic mass is 16.6. The van der Waals surface area contributed by atoms with Gasteiger partial charge in [-0.2, -0.15) is 0 Å². The Balaban J connectivity index is 2.15. The Morgan fingerprint density at radius 2 is 2.10 bits per heavy atom. The zero-order valence-electron chi connectivity index (χ0n) is 11.8. The van der Waals surface area contributed by atoms with Crippen LogP contribution in [0.5, 0.6) is 0 Å². The van der Waals surface area contributed by atoms with Gasteiger partial charge in [-0.15, -0.1) is 0 Å². The zero-order chi connectivity index (χ0) is 14.4. The van der Waals surface area contributed by atoms with Gasteiger partial charge in [0.15, 0.2) is 0 Å². The predicted octanol–water partition coefficient (Wildman–Crippen LogP) is 1.73. The normalized spacial score (nSPS) is 26.8. The molecular formula is C16H22O4. The quantitative estimate of drug-likeness (QED) is 0.833. The molecule has 1 aromatic carbocycles. The summed E-state index contributed by atoms with van der Waals surface area (Å²) in [4.78, 5) is 10.6. The smallest absolute Gasteiger partial charge is 0.293 e. The zero-order valence-corrected chi connectivity index (χ0v) is 11.8. The van der Waals surface area contributed by atoms with Crippen LogP contribution in [-0.2, 0) is 27.1 Å². The van der Waals surface area contributed by atoms with Crippen molar-refractivity contribution in [3.05, 3.63) is 35.4 Å². The summed E-state index contributed by atoms with van der Waals surface area (Å²) >= 11 is 0. The molecule has 1 aromatic rings. The minimum absolute atomic E-state index is 0.0883. The fourth-order valence-corrected chi connectivity index (χ4v) is 2.85. The number of carbonyl (C=O) groups is 1. The van der Waals surface area contributed by atoms with E-state index in [9.17, 15) is 9.90 Å². The molecule has 2 unspecified atom stereocenters. The molecule has 0 spiro atoms. The Kier molecular flexibility index (Phi) is 5.56. The van der Waals surface area contributed by atoms with Crippen molar-refractivity contribution in [1.29, 1.82) is 0 Å². The number of ether oxygens (including phenoxy) is 2.